The van der Waals surface area contributed by atoms with Crippen LogP contribution in [-0.4, -0.2) is 65.4 Å². The maximum absolute atomic E-state index is 13.0. The minimum atomic E-state index is -0.770. The summed E-state index contributed by atoms with van der Waals surface area (Å²) < 4.78 is 0. The number of urea groups is 1. The second-order valence-corrected chi connectivity index (χ2v) is 7.99. The number of nitrogens with one attached hydrogen (secondary N) is 2. The van der Waals surface area contributed by atoms with Crippen molar-refractivity contribution in [3.8, 4) is 0 Å². The van der Waals surface area contributed by atoms with Crippen LogP contribution in [0.25, 0.3) is 0 Å². The van der Waals surface area contributed by atoms with Crippen molar-refractivity contribution in [2.45, 2.75) is 70.4 Å². The summed E-state index contributed by atoms with van der Waals surface area (Å²) in [5.41, 5.74) is -0.770. The summed E-state index contributed by atoms with van der Waals surface area (Å²) in [6.07, 6.45) is 6.19. The van der Waals surface area contributed by atoms with Gasteiger partial charge in [0, 0.05) is 19.1 Å². The predicted octanol–water partition coefficient (Wildman–Crippen LogP) is 1.48. The smallest absolute Gasteiger partial charge is 0.325 e. The van der Waals surface area contributed by atoms with E-state index in [2.05, 4.69) is 17.6 Å². The molecule has 0 aromatic rings. The van der Waals surface area contributed by atoms with Crippen molar-refractivity contribution in [1.82, 2.24) is 20.4 Å². The lowest BCUT2D eigenvalue weighted by Crippen LogP contribution is -2.51. The van der Waals surface area contributed by atoms with E-state index in [-0.39, 0.29) is 24.4 Å². The number of imide groups is 1. The van der Waals surface area contributed by atoms with Crippen molar-refractivity contribution in [2.75, 3.05) is 26.2 Å². The van der Waals surface area contributed by atoms with Crippen molar-refractivity contribution in [3.63, 3.8) is 0 Å². The number of carbonyl (C=O) groups excluding carboxylic acids is 3. The summed E-state index contributed by atoms with van der Waals surface area (Å²) in [5, 5.41) is 6.19. The SMILES string of the molecule is CCCN(C(=O)CN1C(=O)NC2(CCC(CC)CC2)C1=O)C1CCNC1. The zero-order chi connectivity index (χ0) is 18.7. The first-order valence-electron chi connectivity index (χ1n) is 10.1. The third kappa shape index (κ3) is 3.59. The standard InChI is InChI=1S/C19H32N4O3/c1-3-11-22(15-7-10-20-12-15)16(24)13-23-17(25)19(21-18(23)26)8-5-14(4-2)6-9-19/h14-15,20H,3-13H2,1-2H3,(H,21,26). The molecule has 2 saturated heterocycles. The largest absolute Gasteiger partial charge is 0.337 e. The Morgan fingerprint density at radius 1 is 1.23 bits per heavy atom. The van der Waals surface area contributed by atoms with Crippen molar-refractivity contribution < 1.29 is 14.4 Å². The van der Waals surface area contributed by atoms with Gasteiger partial charge < -0.3 is 15.5 Å². The highest BCUT2D eigenvalue weighted by Gasteiger charge is 2.52. The molecule has 146 valence electrons. The van der Waals surface area contributed by atoms with Crippen LogP contribution < -0.4 is 10.6 Å². The number of carbonyl (C=O) groups is 3. The van der Waals surface area contributed by atoms with Gasteiger partial charge in [-0.3, -0.25) is 14.5 Å². The maximum Gasteiger partial charge on any atom is 0.325 e. The summed E-state index contributed by atoms with van der Waals surface area (Å²) in [6, 6.07) is -0.239. The van der Waals surface area contributed by atoms with E-state index < -0.39 is 11.6 Å². The lowest BCUT2D eigenvalue weighted by molar-refractivity contribution is -0.140. The van der Waals surface area contributed by atoms with Crippen molar-refractivity contribution in [2.24, 2.45) is 5.92 Å². The molecule has 4 amide bonds. The van der Waals surface area contributed by atoms with Gasteiger partial charge in [-0.2, -0.15) is 0 Å². The summed E-state index contributed by atoms with van der Waals surface area (Å²) >= 11 is 0. The second kappa shape index (κ2) is 7.94. The number of nitrogens with zero attached hydrogens (tertiary/aromatic N) is 2. The van der Waals surface area contributed by atoms with Crippen LogP contribution in [0.4, 0.5) is 4.79 Å². The molecule has 1 atom stereocenters. The Morgan fingerprint density at radius 2 is 1.96 bits per heavy atom. The summed E-state index contributed by atoms with van der Waals surface area (Å²) in [6.45, 7) is 6.43. The molecule has 7 nitrogen and oxygen atoms in total. The van der Waals surface area contributed by atoms with Gasteiger partial charge in [0.05, 0.1) is 0 Å². The molecule has 2 aliphatic heterocycles. The van der Waals surface area contributed by atoms with Crippen LogP contribution in [0.15, 0.2) is 0 Å². The van der Waals surface area contributed by atoms with Gasteiger partial charge in [0.25, 0.3) is 5.91 Å². The molecule has 0 bridgehead atoms. The normalized spacial score (nSPS) is 31.5. The topological polar surface area (TPSA) is 81.8 Å². The molecule has 3 rings (SSSR count). The highest BCUT2D eigenvalue weighted by molar-refractivity contribution is 6.09. The molecule has 1 spiro atoms. The van der Waals surface area contributed by atoms with Crippen LogP contribution in [-0.2, 0) is 9.59 Å². The molecule has 1 saturated carbocycles. The molecule has 0 radical (unpaired) electrons. The lowest BCUT2D eigenvalue weighted by atomic mass is 9.75. The zero-order valence-corrected chi connectivity index (χ0v) is 16.1. The first-order chi connectivity index (χ1) is 12.5. The van der Waals surface area contributed by atoms with Crippen LogP contribution in [0.1, 0.15) is 58.8 Å². The Labute approximate surface area is 155 Å². The van der Waals surface area contributed by atoms with E-state index >= 15 is 0 Å². The van der Waals surface area contributed by atoms with E-state index in [1.165, 1.54) is 0 Å². The molecule has 3 fully saturated rings. The molecule has 0 aromatic carbocycles. The molecule has 2 heterocycles. The van der Waals surface area contributed by atoms with Gasteiger partial charge >= 0.3 is 6.03 Å². The Kier molecular flexibility index (Phi) is 5.85. The third-order valence-corrected chi connectivity index (χ3v) is 6.34. The van der Waals surface area contributed by atoms with Gasteiger partial charge in [-0.1, -0.05) is 20.3 Å². The minimum Gasteiger partial charge on any atom is -0.337 e. The molecule has 3 aliphatic rings. The molecular formula is C19H32N4O3. The minimum absolute atomic E-state index is 0.122. The first-order valence-corrected chi connectivity index (χ1v) is 10.1. The average molecular weight is 364 g/mol. The van der Waals surface area contributed by atoms with Gasteiger partial charge in [0.2, 0.25) is 5.91 Å². The average Bonchev–Trinajstić information content (AvgIpc) is 3.24. The monoisotopic (exact) mass is 364 g/mol. The number of amides is 4. The van der Waals surface area contributed by atoms with Crippen molar-refractivity contribution in [3.05, 3.63) is 0 Å². The van der Waals surface area contributed by atoms with Crippen LogP contribution in [0, 0.1) is 5.92 Å². The fraction of sp³-hybridized carbons (Fsp3) is 0.842. The number of hydrogen-bond donors (Lipinski definition) is 2. The van der Waals surface area contributed by atoms with Crippen LogP contribution >= 0.6 is 0 Å². The number of rotatable bonds is 6. The highest BCUT2D eigenvalue weighted by atomic mass is 16.2. The fourth-order valence-electron chi connectivity index (χ4n) is 4.62. The Balaban J connectivity index is 1.66. The molecule has 26 heavy (non-hydrogen) atoms. The Morgan fingerprint density at radius 3 is 2.54 bits per heavy atom. The van der Waals surface area contributed by atoms with Crippen molar-refractivity contribution >= 4 is 17.8 Å². The second-order valence-electron chi connectivity index (χ2n) is 7.99. The number of hydrogen-bond acceptors (Lipinski definition) is 4. The Bertz CT molecular complexity index is 551. The lowest BCUT2D eigenvalue weighted by Gasteiger charge is -2.34. The van der Waals surface area contributed by atoms with Gasteiger partial charge in [-0.05, 0) is 51.0 Å². The van der Waals surface area contributed by atoms with E-state index in [0.29, 0.717) is 25.3 Å². The van der Waals surface area contributed by atoms with E-state index in [1.807, 2.05) is 11.8 Å². The van der Waals surface area contributed by atoms with Crippen LogP contribution in [0.2, 0.25) is 0 Å². The van der Waals surface area contributed by atoms with E-state index in [9.17, 15) is 14.4 Å². The van der Waals surface area contributed by atoms with Crippen molar-refractivity contribution in [1.29, 1.82) is 0 Å². The molecule has 2 N–H and O–H groups in total. The van der Waals surface area contributed by atoms with Gasteiger partial charge in [-0.15, -0.1) is 0 Å². The first kappa shape index (κ1) is 19.1. The Hall–Kier alpha value is -1.63. The molecule has 0 aromatic heterocycles. The van der Waals surface area contributed by atoms with Gasteiger partial charge in [0.1, 0.15) is 12.1 Å². The van der Waals surface area contributed by atoms with E-state index in [1.54, 1.807) is 0 Å². The molecular weight excluding hydrogens is 332 g/mol. The third-order valence-electron chi connectivity index (χ3n) is 6.34. The summed E-state index contributed by atoms with van der Waals surface area (Å²) in [5.74, 6) is 0.311. The van der Waals surface area contributed by atoms with E-state index in [4.69, 9.17) is 0 Å². The van der Waals surface area contributed by atoms with Crippen LogP contribution in [0.5, 0.6) is 0 Å². The summed E-state index contributed by atoms with van der Waals surface area (Å²) in [4.78, 5) is 41.3. The quantitative estimate of drug-likeness (QED) is 0.700. The zero-order valence-electron chi connectivity index (χ0n) is 16.1. The molecule has 7 heteroatoms. The molecule has 1 aliphatic carbocycles. The van der Waals surface area contributed by atoms with Crippen LogP contribution in [0.3, 0.4) is 0 Å². The summed E-state index contributed by atoms with van der Waals surface area (Å²) in [7, 11) is 0. The van der Waals surface area contributed by atoms with Gasteiger partial charge in [0.15, 0.2) is 0 Å². The molecule has 1 unspecified atom stereocenters. The maximum atomic E-state index is 13.0. The highest BCUT2D eigenvalue weighted by Crippen LogP contribution is 2.37. The predicted molar refractivity (Wildman–Crippen MR) is 98.5 cm³/mol. The van der Waals surface area contributed by atoms with Gasteiger partial charge in [-0.25, -0.2) is 4.79 Å². The van der Waals surface area contributed by atoms with E-state index in [0.717, 1.165) is 50.1 Å². The fourth-order valence-corrected chi connectivity index (χ4v) is 4.62.